The van der Waals surface area contributed by atoms with Crippen LogP contribution in [0.3, 0.4) is 0 Å². The molecule has 1 fully saturated rings. The molecule has 0 bridgehead atoms. The Balaban J connectivity index is 2.08. The number of aliphatic hydroxyl groups excluding tert-OH is 1. The Morgan fingerprint density at radius 1 is 1.59 bits per heavy atom. The maximum atomic E-state index is 11.5. The monoisotopic (exact) mass is 244 g/mol. The van der Waals surface area contributed by atoms with Crippen molar-refractivity contribution in [1.82, 2.24) is 5.32 Å². The number of rotatable bonds is 6. The average Bonchev–Trinajstić information content (AvgIpc) is 2.34. The zero-order valence-electron chi connectivity index (χ0n) is 10.5. The van der Waals surface area contributed by atoms with Crippen LogP contribution in [0.25, 0.3) is 0 Å². The van der Waals surface area contributed by atoms with Crippen LogP contribution >= 0.6 is 0 Å². The quantitative estimate of drug-likeness (QED) is 0.621. The SMILES string of the molecule is CC(O)C(N)CNC(=O)CCC1CCCCO1. The van der Waals surface area contributed by atoms with Crippen LogP contribution in [0.2, 0.25) is 0 Å². The summed E-state index contributed by atoms with van der Waals surface area (Å²) in [6, 6.07) is -0.398. The molecule has 100 valence electrons. The second kappa shape index (κ2) is 7.63. The maximum absolute atomic E-state index is 11.5. The van der Waals surface area contributed by atoms with Crippen LogP contribution in [0.4, 0.5) is 0 Å². The van der Waals surface area contributed by atoms with E-state index in [1.165, 1.54) is 6.42 Å². The van der Waals surface area contributed by atoms with Gasteiger partial charge in [0, 0.05) is 25.6 Å². The summed E-state index contributed by atoms with van der Waals surface area (Å²) in [5, 5.41) is 11.9. The molecule has 1 rings (SSSR count). The van der Waals surface area contributed by atoms with Gasteiger partial charge < -0.3 is 20.9 Å². The fourth-order valence-corrected chi connectivity index (χ4v) is 1.82. The first-order valence-corrected chi connectivity index (χ1v) is 6.41. The number of aliphatic hydroxyl groups is 1. The van der Waals surface area contributed by atoms with Crippen molar-refractivity contribution in [2.75, 3.05) is 13.2 Å². The lowest BCUT2D eigenvalue weighted by Gasteiger charge is -2.22. The van der Waals surface area contributed by atoms with Crippen LogP contribution in [-0.2, 0) is 9.53 Å². The summed E-state index contributed by atoms with van der Waals surface area (Å²) in [5.74, 6) is -0.0183. The highest BCUT2D eigenvalue weighted by Gasteiger charge is 2.16. The first-order chi connectivity index (χ1) is 8.09. The van der Waals surface area contributed by atoms with E-state index in [-0.39, 0.29) is 12.0 Å². The molecule has 5 heteroatoms. The summed E-state index contributed by atoms with van der Waals surface area (Å²) in [6.07, 6.45) is 4.26. The van der Waals surface area contributed by atoms with Crippen molar-refractivity contribution in [1.29, 1.82) is 0 Å². The molecule has 0 aliphatic carbocycles. The van der Waals surface area contributed by atoms with Gasteiger partial charge in [-0.1, -0.05) is 0 Å². The van der Waals surface area contributed by atoms with Crippen LogP contribution in [-0.4, -0.2) is 42.4 Å². The molecule has 0 saturated carbocycles. The molecule has 0 spiro atoms. The summed E-state index contributed by atoms with van der Waals surface area (Å²) in [4.78, 5) is 11.5. The number of carbonyl (C=O) groups excluding carboxylic acids is 1. The Labute approximate surface area is 103 Å². The van der Waals surface area contributed by atoms with Gasteiger partial charge in [-0.2, -0.15) is 0 Å². The van der Waals surface area contributed by atoms with Gasteiger partial charge in [0.2, 0.25) is 5.91 Å². The summed E-state index contributed by atoms with van der Waals surface area (Å²) in [6.45, 7) is 2.76. The van der Waals surface area contributed by atoms with Gasteiger partial charge in [0.05, 0.1) is 12.2 Å². The third-order valence-electron chi connectivity index (χ3n) is 3.12. The Hall–Kier alpha value is -0.650. The summed E-state index contributed by atoms with van der Waals surface area (Å²) >= 11 is 0. The van der Waals surface area contributed by atoms with E-state index in [0.29, 0.717) is 13.0 Å². The first-order valence-electron chi connectivity index (χ1n) is 6.41. The maximum Gasteiger partial charge on any atom is 0.220 e. The number of hydrogen-bond acceptors (Lipinski definition) is 4. The predicted molar refractivity (Wildman–Crippen MR) is 65.5 cm³/mol. The highest BCUT2D eigenvalue weighted by atomic mass is 16.5. The van der Waals surface area contributed by atoms with E-state index in [2.05, 4.69) is 5.32 Å². The number of ether oxygens (including phenoxy) is 1. The van der Waals surface area contributed by atoms with Crippen LogP contribution in [0, 0.1) is 0 Å². The van der Waals surface area contributed by atoms with Gasteiger partial charge in [-0.05, 0) is 32.6 Å². The van der Waals surface area contributed by atoms with Crippen molar-refractivity contribution >= 4 is 5.91 Å². The molecule has 0 aromatic carbocycles. The van der Waals surface area contributed by atoms with Crippen LogP contribution in [0.5, 0.6) is 0 Å². The van der Waals surface area contributed by atoms with Gasteiger partial charge >= 0.3 is 0 Å². The van der Waals surface area contributed by atoms with Crippen LogP contribution in [0.1, 0.15) is 39.0 Å². The number of hydrogen-bond donors (Lipinski definition) is 3. The van der Waals surface area contributed by atoms with Crippen molar-refractivity contribution in [3.63, 3.8) is 0 Å². The zero-order valence-corrected chi connectivity index (χ0v) is 10.5. The normalized spacial score (nSPS) is 24.1. The Bertz CT molecular complexity index is 228. The van der Waals surface area contributed by atoms with Crippen molar-refractivity contribution in [3.05, 3.63) is 0 Å². The second-order valence-corrected chi connectivity index (χ2v) is 4.74. The summed E-state index contributed by atoms with van der Waals surface area (Å²) in [7, 11) is 0. The van der Waals surface area contributed by atoms with Gasteiger partial charge in [-0.3, -0.25) is 4.79 Å². The molecule has 4 N–H and O–H groups in total. The van der Waals surface area contributed by atoms with Crippen molar-refractivity contribution in [2.45, 2.75) is 57.3 Å². The predicted octanol–water partition coefficient (Wildman–Crippen LogP) is 0.160. The fourth-order valence-electron chi connectivity index (χ4n) is 1.82. The third kappa shape index (κ3) is 6.00. The largest absolute Gasteiger partial charge is 0.392 e. The van der Waals surface area contributed by atoms with E-state index >= 15 is 0 Å². The van der Waals surface area contributed by atoms with Gasteiger partial charge in [0.15, 0.2) is 0 Å². The fraction of sp³-hybridized carbons (Fsp3) is 0.917. The van der Waals surface area contributed by atoms with E-state index in [9.17, 15) is 9.90 Å². The van der Waals surface area contributed by atoms with Gasteiger partial charge in [0.25, 0.3) is 0 Å². The molecule has 5 nitrogen and oxygen atoms in total. The molecule has 1 aliphatic heterocycles. The zero-order chi connectivity index (χ0) is 12.7. The minimum Gasteiger partial charge on any atom is -0.392 e. The molecular weight excluding hydrogens is 220 g/mol. The molecule has 1 heterocycles. The summed E-state index contributed by atoms with van der Waals surface area (Å²) in [5.41, 5.74) is 5.61. The topological polar surface area (TPSA) is 84.6 Å². The average molecular weight is 244 g/mol. The standard InChI is InChI=1S/C12H24N2O3/c1-9(15)11(13)8-14-12(16)6-5-10-4-2-3-7-17-10/h9-11,15H,2-8,13H2,1H3,(H,14,16). The lowest BCUT2D eigenvalue weighted by Crippen LogP contribution is -2.43. The van der Waals surface area contributed by atoms with Gasteiger partial charge in [-0.15, -0.1) is 0 Å². The molecule has 1 amide bonds. The van der Waals surface area contributed by atoms with Crippen LogP contribution in [0.15, 0.2) is 0 Å². The minimum atomic E-state index is -0.600. The Morgan fingerprint density at radius 3 is 2.94 bits per heavy atom. The third-order valence-corrected chi connectivity index (χ3v) is 3.12. The smallest absolute Gasteiger partial charge is 0.220 e. The van der Waals surface area contributed by atoms with Gasteiger partial charge in [0.1, 0.15) is 0 Å². The lowest BCUT2D eigenvalue weighted by atomic mass is 10.0. The molecular formula is C12H24N2O3. The molecule has 17 heavy (non-hydrogen) atoms. The minimum absolute atomic E-state index is 0.0183. The molecule has 3 unspecified atom stereocenters. The molecule has 1 aliphatic rings. The lowest BCUT2D eigenvalue weighted by molar-refractivity contribution is -0.122. The highest BCUT2D eigenvalue weighted by molar-refractivity contribution is 5.75. The second-order valence-electron chi connectivity index (χ2n) is 4.74. The number of amides is 1. The first kappa shape index (κ1) is 14.4. The van der Waals surface area contributed by atoms with Crippen LogP contribution < -0.4 is 11.1 Å². The summed E-state index contributed by atoms with van der Waals surface area (Å²) < 4.78 is 5.55. The van der Waals surface area contributed by atoms with Crippen molar-refractivity contribution < 1.29 is 14.6 Å². The molecule has 3 atom stereocenters. The number of nitrogens with two attached hydrogens (primary N) is 1. The van der Waals surface area contributed by atoms with E-state index in [1.807, 2.05) is 0 Å². The van der Waals surface area contributed by atoms with E-state index in [4.69, 9.17) is 10.5 Å². The van der Waals surface area contributed by atoms with Gasteiger partial charge in [-0.25, -0.2) is 0 Å². The van der Waals surface area contributed by atoms with E-state index in [0.717, 1.165) is 25.9 Å². The molecule has 0 radical (unpaired) electrons. The van der Waals surface area contributed by atoms with Crippen molar-refractivity contribution in [2.24, 2.45) is 5.73 Å². The van der Waals surface area contributed by atoms with Crippen molar-refractivity contribution in [3.8, 4) is 0 Å². The Kier molecular flexibility index (Phi) is 6.47. The number of nitrogens with one attached hydrogen (secondary N) is 1. The molecule has 0 aromatic rings. The van der Waals surface area contributed by atoms with E-state index in [1.54, 1.807) is 6.92 Å². The molecule has 0 aromatic heterocycles. The molecule has 1 saturated heterocycles. The van der Waals surface area contributed by atoms with E-state index < -0.39 is 12.1 Å². The highest BCUT2D eigenvalue weighted by Crippen LogP contribution is 2.16. The Morgan fingerprint density at radius 2 is 2.35 bits per heavy atom. The number of carbonyl (C=O) groups is 1.